The number of piperidine rings is 1. The number of alkyl halides is 3. The van der Waals surface area contributed by atoms with Crippen molar-refractivity contribution in [2.45, 2.75) is 57.8 Å². The molecule has 0 bridgehead atoms. The molecule has 1 aromatic carbocycles. The van der Waals surface area contributed by atoms with Gasteiger partial charge in [0, 0.05) is 64.3 Å². The number of nitrogens with zero attached hydrogens (tertiary/aromatic N) is 5. The first-order valence-electron chi connectivity index (χ1n) is 13.9. The molecule has 3 heterocycles. The second kappa shape index (κ2) is 13.3. The van der Waals surface area contributed by atoms with E-state index in [4.69, 9.17) is 9.47 Å². The summed E-state index contributed by atoms with van der Waals surface area (Å²) in [5.41, 5.74) is 3.77. The van der Waals surface area contributed by atoms with Crippen molar-refractivity contribution in [2.24, 2.45) is 0 Å². The Morgan fingerprint density at radius 3 is 2.52 bits per heavy atom. The molecule has 2 aliphatic rings. The molecule has 4 rings (SSSR count). The van der Waals surface area contributed by atoms with Crippen molar-refractivity contribution >= 4 is 5.91 Å². The summed E-state index contributed by atoms with van der Waals surface area (Å²) in [6, 6.07) is 4.72. The van der Waals surface area contributed by atoms with E-state index in [1.807, 2.05) is 0 Å². The van der Waals surface area contributed by atoms with Gasteiger partial charge in [0.15, 0.2) is 0 Å². The lowest BCUT2D eigenvalue weighted by Crippen LogP contribution is -2.57. The summed E-state index contributed by atoms with van der Waals surface area (Å²) in [6.07, 6.45) is 1.32. The van der Waals surface area contributed by atoms with E-state index < -0.39 is 12.0 Å². The van der Waals surface area contributed by atoms with E-state index >= 15 is 0 Å². The molecule has 2 atom stereocenters. The molecule has 11 heteroatoms. The quantitative estimate of drug-likeness (QED) is 0.394. The second-order valence-electron chi connectivity index (χ2n) is 10.8. The van der Waals surface area contributed by atoms with Gasteiger partial charge in [-0.2, -0.15) is 13.2 Å². The number of hydrogen-bond acceptors (Lipinski definition) is 7. The monoisotopic (exact) mass is 563 g/mol. The number of amides is 1. The van der Waals surface area contributed by atoms with Gasteiger partial charge >= 0.3 is 6.18 Å². The molecule has 0 aliphatic carbocycles. The van der Waals surface area contributed by atoms with Crippen LogP contribution < -0.4 is 4.74 Å². The summed E-state index contributed by atoms with van der Waals surface area (Å²) in [7, 11) is 3.79. The van der Waals surface area contributed by atoms with E-state index in [-0.39, 0.29) is 23.6 Å². The number of fused-ring (bicyclic) bond motifs is 1. The zero-order valence-electron chi connectivity index (χ0n) is 23.8. The highest BCUT2D eigenvalue weighted by atomic mass is 19.4. The molecule has 40 heavy (non-hydrogen) atoms. The van der Waals surface area contributed by atoms with Gasteiger partial charge < -0.3 is 19.3 Å². The number of rotatable bonds is 10. The highest BCUT2D eigenvalue weighted by Gasteiger charge is 2.38. The predicted octanol–water partition coefficient (Wildman–Crippen LogP) is 4.51. The molecule has 0 saturated carbocycles. The average molecular weight is 564 g/mol. The van der Waals surface area contributed by atoms with E-state index in [1.54, 1.807) is 12.0 Å². The number of aromatic nitrogens is 2. The Morgan fingerprint density at radius 1 is 1.07 bits per heavy atom. The van der Waals surface area contributed by atoms with Crippen LogP contribution in [0.2, 0.25) is 0 Å². The number of carbonyl (C=O) groups is 1. The third-order valence-electron chi connectivity index (χ3n) is 8.14. The van der Waals surface area contributed by atoms with Gasteiger partial charge in [-0.3, -0.25) is 9.69 Å². The van der Waals surface area contributed by atoms with Gasteiger partial charge in [-0.05, 0) is 69.3 Å². The van der Waals surface area contributed by atoms with E-state index in [0.717, 1.165) is 69.1 Å². The minimum atomic E-state index is -4.63. The lowest BCUT2D eigenvalue weighted by Gasteiger charge is -2.48. The highest BCUT2D eigenvalue weighted by molar-refractivity contribution is 5.93. The van der Waals surface area contributed by atoms with E-state index in [9.17, 15) is 18.0 Å². The first-order valence-corrected chi connectivity index (χ1v) is 13.9. The lowest BCUT2D eigenvalue weighted by molar-refractivity contribution is -0.145. The topological polar surface area (TPSA) is 71.0 Å². The third kappa shape index (κ3) is 7.11. The fourth-order valence-corrected chi connectivity index (χ4v) is 5.75. The van der Waals surface area contributed by atoms with Crippen molar-refractivity contribution in [3.8, 4) is 5.75 Å². The molecule has 2 fully saturated rings. The largest absolute Gasteiger partial charge is 0.493 e. The van der Waals surface area contributed by atoms with Crippen molar-refractivity contribution in [2.75, 3.05) is 60.1 Å². The Balaban J connectivity index is 1.37. The van der Waals surface area contributed by atoms with Gasteiger partial charge in [-0.1, -0.05) is 6.07 Å². The van der Waals surface area contributed by atoms with Crippen LogP contribution in [0.15, 0.2) is 24.5 Å². The molecule has 220 valence electrons. The molecular formula is C29H40F3N5O3. The van der Waals surface area contributed by atoms with Crippen LogP contribution in [0.3, 0.4) is 0 Å². The van der Waals surface area contributed by atoms with Gasteiger partial charge in [0.1, 0.15) is 5.75 Å². The molecule has 0 spiro atoms. The minimum absolute atomic E-state index is 0.0810. The van der Waals surface area contributed by atoms with E-state index in [2.05, 4.69) is 52.8 Å². The lowest BCUT2D eigenvalue weighted by atomic mass is 9.86. The molecule has 1 aromatic heterocycles. The average Bonchev–Trinajstić information content (AvgIpc) is 2.95. The SMILES string of the molecule is COCCN(C)CCCOc1ccc([C@H]2CCCC3CN(C(=O)c4cnc(C(F)(F)F)nc4)CCN32)c(C)c1C. The van der Waals surface area contributed by atoms with Gasteiger partial charge in [-0.15, -0.1) is 0 Å². The third-order valence-corrected chi connectivity index (χ3v) is 8.14. The van der Waals surface area contributed by atoms with Crippen LogP contribution >= 0.6 is 0 Å². The van der Waals surface area contributed by atoms with Gasteiger partial charge in [0.2, 0.25) is 5.82 Å². The molecule has 1 unspecified atom stereocenters. The Bertz CT molecular complexity index is 1140. The Morgan fingerprint density at radius 2 is 1.82 bits per heavy atom. The Hall–Kier alpha value is -2.76. The first kappa shape index (κ1) is 30.2. The Kier molecular flexibility index (Phi) is 10.0. The highest BCUT2D eigenvalue weighted by Crippen LogP contribution is 2.39. The van der Waals surface area contributed by atoms with Crippen LogP contribution in [0.25, 0.3) is 0 Å². The molecule has 0 N–H and O–H groups in total. The van der Waals surface area contributed by atoms with Crippen LogP contribution in [-0.4, -0.2) is 96.7 Å². The Labute approximate surface area is 234 Å². The smallest absolute Gasteiger partial charge is 0.451 e. The van der Waals surface area contributed by atoms with Gasteiger partial charge in [0.05, 0.1) is 18.8 Å². The fourth-order valence-electron chi connectivity index (χ4n) is 5.75. The van der Waals surface area contributed by atoms with Crippen LogP contribution in [0.5, 0.6) is 5.75 Å². The van der Waals surface area contributed by atoms with Crippen LogP contribution in [0.4, 0.5) is 13.2 Å². The van der Waals surface area contributed by atoms with Crippen molar-refractivity contribution in [3.63, 3.8) is 0 Å². The molecular weight excluding hydrogens is 523 g/mol. The maximum Gasteiger partial charge on any atom is 0.451 e. The van der Waals surface area contributed by atoms with Crippen LogP contribution in [0.1, 0.15) is 64.6 Å². The number of ether oxygens (including phenoxy) is 2. The summed E-state index contributed by atoms with van der Waals surface area (Å²) in [5.74, 6) is -0.645. The maximum atomic E-state index is 13.0. The molecule has 2 aliphatic heterocycles. The molecule has 2 saturated heterocycles. The normalized spacial score (nSPS) is 20.1. The first-order chi connectivity index (χ1) is 19.1. The minimum Gasteiger partial charge on any atom is -0.493 e. The van der Waals surface area contributed by atoms with Crippen LogP contribution in [-0.2, 0) is 10.9 Å². The van der Waals surface area contributed by atoms with Crippen molar-refractivity contribution in [1.29, 1.82) is 0 Å². The summed E-state index contributed by atoms with van der Waals surface area (Å²) in [6.45, 7) is 9.24. The maximum absolute atomic E-state index is 13.0. The fraction of sp³-hybridized carbons (Fsp3) is 0.621. The summed E-state index contributed by atoms with van der Waals surface area (Å²) in [4.78, 5) is 26.2. The van der Waals surface area contributed by atoms with Crippen molar-refractivity contribution in [1.82, 2.24) is 24.7 Å². The molecule has 2 aromatic rings. The number of methoxy groups -OCH3 is 1. The summed E-state index contributed by atoms with van der Waals surface area (Å²) in [5, 5.41) is 0. The number of halogens is 3. The number of hydrogen-bond donors (Lipinski definition) is 0. The predicted molar refractivity (Wildman–Crippen MR) is 145 cm³/mol. The molecule has 8 nitrogen and oxygen atoms in total. The van der Waals surface area contributed by atoms with E-state index in [1.165, 1.54) is 11.1 Å². The van der Waals surface area contributed by atoms with Crippen molar-refractivity contribution < 1.29 is 27.4 Å². The number of benzene rings is 1. The second-order valence-corrected chi connectivity index (χ2v) is 10.8. The number of likely N-dealkylation sites (N-methyl/N-ethyl adjacent to an activating group) is 1. The van der Waals surface area contributed by atoms with Gasteiger partial charge in [0.25, 0.3) is 5.91 Å². The van der Waals surface area contributed by atoms with Crippen LogP contribution in [0, 0.1) is 13.8 Å². The zero-order chi connectivity index (χ0) is 28.9. The standard InChI is InChI=1S/C29H40F3N5O3/c1-20-21(2)26(40-15-6-11-35(3)14-16-39-4)10-9-24(20)25-8-5-7-23-19-36(12-13-37(23)25)27(38)22-17-33-28(34-18-22)29(30,31)32/h9-10,17-18,23,25H,5-8,11-16,19H2,1-4H3/t23?,25-/m1/s1. The molecule has 1 amide bonds. The summed E-state index contributed by atoms with van der Waals surface area (Å²) < 4.78 is 49.7. The van der Waals surface area contributed by atoms with Crippen molar-refractivity contribution in [3.05, 3.63) is 52.6 Å². The summed E-state index contributed by atoms with van der Waals surface area (Å²) >= 11 is 0. The number of piperazine rings is 1. The van der Waals surface area contributed by atoms with E-state index in [0.29, 0.717) is 26.2 Å². The van der Waals surface area contributed by atoms with Gasteiger partial charge in [-0.25, -0.2) is 9.97 Å². The molecule has 0 radical (unpaired) electrons. The number of carbonyl (C=O) groups excluding carboxylic acids is 1. The zero-order valence-corrected chi connectivity index (χ0v) is 23.8.